The number of aromatic nitrogens is 2. The van der Waals surface area contributed by atoms with E-state index in [1.807, 2.05) is 48.5 Å². The largest absolute Gasteiger partial charge is 0.493 e. The van der Waals surface area contributed by atoms with Gasteiger partial charge in [-0.25, -0.2) is 0 Å². The first-order valence-electron chi connectivity index (χ1n) is 9.52. The zero-order chi connectivity index (χ0) is 18.5. The monoisotopic (exact) mass is 364 g/mol. The second-order valence-electron chi connectivity index (χ2n) is 6.92. The van der Waals surface area contributed by atoms with Gasteiger partial charge in [0.05, 0.1) is 7.11 Å². The molecule has 0 spiro atoms. The normalized spacial score (nSPS) is 14.9. The summed E-state index contributed by atoms with van der Waals surface area (Å²) in [5, 5.41) is 8.53. The van der Waals surface area contributed by atoms with Crippen molar-refractivity contribution in [1.29, 1.82) is 0 Å². The highest BCUT2D eigenvalue weighted by Crippen LogP contribution is 2.35. The Morgan fingerprint density at radius 3 is 2.56 bits per heavy atom. The van der Waals surface area contributed by atoms with Crippen LogP contribution < -0.4 is 9.47 Å². The van der Waals surface area contributed by atoms with Crippen molar-refractivity contribution in [3.8, 4) is 23.0 Å². The van der Waals surface area contributed by atoms with Crippen molar-refractivity contribution >= 4 is 0 Å². The first-order chi connectivity index (χ1) is 13.3. The second-order valence-corrected chi connectivity index (χ2v) is 6.92. The molecule has 1 aromatic heterocycles. The van der Waals surface area contributed by atoms with Crippen molar-refractivity contribution in [3.63, 3.8) is 0 Å². The minimum Gasteiger partial charge on any atom is -0.493 e. The van der Waals surface area contributed by atoms with Crippen LogP contribution in [0, 0.1) is 0 Å². The van der Waals surface area contributed by atoms with Gasteiger partial charge in [0.2, 0.25) is 11.8 Å². The third kappa shape index (κ3) is 4.13. The quantitative estimate of drug-likeness (QED) is 0.588. The van der Waals surface area contributed by atoms with Gasteiger partial charge in [0.25, 0.3) is 0 Å². The van der Waals surface area contributed by atoms with Crippen LogP contribution in [0.2, 0.25) is 0 Å². The summed E-state index contributed by atoms with van der Waals surface area (Å²) < 4.78 is 17.4. The first kappa shape index (κ1) is 17.6. The van der Waals surface area contributed by atoms with E-state index >= 15 is 0 Å². The summed E-state index contributed by atoms with van der Waals surface area (Å²) in [6.45, 7) is 0.489. The minimum atomic E-state index is 0.398. The molecule has 4 rings (SSSR count). The fraction of sp³-hybridized carbons (Fsp3) is 0.364. The number of hydrogen-bond donors (Lipinski definition) is 0. The Hall–Kier alpha value is -2.82. The molecule has 0 unspecified atom stereocenters. The van der Waals surface area contributed by atoms with Gasteiger partial charge in [0, 0.05) is 11.5 Å². The van der Waals surface area contributed by atoms with Gasteiger partial charge in [-0.1, -0.05) is 49.6 Å². The molecule has 3 aromatic rings. The Labute approximate surface area is 159 Å². The van der Waals surface area contributed by atoms with E-state index in [0.717, 1.165) is 29.9 Å². The van der Waals surface area contributed by atoms with Crippen molar-refractivity contribution in [3.05, 3.63) is 60.0 Å². The van der Waals surface area contributed by atoms with Crippen LogP contribution in [0.25, 0.3) is 11.5 Å². The van der Waals surface area contributed by atoms with Crippen LogP contribution in [-0.2, 0) is 6.61 Å². The standard InChI is InChI=1S/C22H24N2O3/c1-25-20-14-18(12-13-19(20)26-15-16-8-4-2-5-9-16)22-24-23-21(27-22)17-10-6-3-7-11-17/h2,4-5,8-9,12-14,17H,3,6-7,10-11,15H2,1H3. The van der Waals surface area contributed by atoms with Crippen molar-refractivity contribution in [2.24, 2.45) is 0 Å². The number of nitrogens with zero attached hydrogens (tertiary/aromatic N) is 2. The predicted molar refractivity (Wildman–Crippen MR) is 103 cm³/mol. The molecule has 1 saturated carbocycles. The molecule has 5 nitrogen and oxygen atoms in total. The number of benzene rings is 2. The molecule has 5 heteroatoms. The van der Waals surface area contributed by atoms with Gasteiger partial charge < -0.3 is 13.9 Å². The van der Waals surface area contributed by atoms with E-state index in [1.54, 1.807) is 7.11 Å². The lowest BCUT2D eigenvalue weighted by Gasteiger charge is -2.17. The lowest BCUT2D eigenvalue weighted by molar-refractivity contribution is 0.284. The summed E-state index contributed by atoms with van der Waals surface area (Å²) in [6, 6.07) is 15.8. The van der Waals surface area contributed by atoms with E-state index in [1.165, 1.54) is 19.3 Å². The summed E-state index contributed by atoms with van der Waals surface area (Å²) in [6.07, 6.45) is 6.06. The van der Waals surface area contributed by atoms with E-state index in [4.69, 9.17) is 13.9 Å². The molecule has 1 aliphatic rings. The van der Waals surface area contributed by atoms with Crippen LogP contribution >= 0.6 is 0 Å². The summed E-state index contributed by atoms with van der Waals surface area (Å²) in [5.74, 6) is 3.03. The van der Waals surface area contributed by atoms with Gasteiger partial charge in [0.15, 0.2) is 11.5 Å². The molecule has 1 fully saturated rings. The summed E-state index contributed by atoms with van der Waals surface area (Å²) >= 11 is 0. The maximum atomic E-state index is 5.96. The van der Waals surface area contributed by atoms with Crippen molar-refractivity contribution in [2.75, 3.05) is 7.11 Å². The van der Waals surface area contributed by atoms with Crippen LogP contribution in [0.4, 0.5) is 0 Å². The van der Waals surface area contributed by atoms with Crippen LogP contribution in [0.1, 0.15) is 49.5 Å². The van der Waals surface area contributed by atoms with Crippen molar-refractivity contribution in [2.45, 2.75) is 44.6 Å². The van der Waals surface area contributed by atoms with Crippen LogP contribution in [0.5, 0.6) is 11.5 Å². The molecule has 140 valence electrons. The Morgan fingerprint density at radius 2 is 1.78 bits per heavy atom. The SMILES string of the molecule is COc1cc(-c2nnc(C3CCCCC3)o2)ccc1OCc1ccccc1. The highest BCUT2D eigenvalue weighted by molar-refractivity contribution is 5.59. The topological polar surface area (TPSA) is 57.4 Å². The summed E-state index contributed by atoms with van der Waals surface area (Å²) in [7, 11) is 1.63. The van der Waals surface area contributed by atoms with Crippen LogP contribution in [0.15, 0.2) is 52.9 Å². The molecule has 27 heavy (non-hydrogen) atoms. The fourth-order valence-electron chi connectivity index (χ4n) is 3.52. The molecule has 0 N–H and O–H groups in total. The lowest BCUT2D eigenvalue weighted by atomic mass is 9.89. The van der Waals surface area contributed by atoms with Gasteiger partial charge in [-0.05, 0) is 36.6 Å². The number of ether oxygens (including phenoxy) is 2. The predicted octanol–water partition coefficient (Wildman–Crippen LogP) is 5.37. The molecule has 0 aliphatic heterocycles. The first-order valence-corrected chi connectivity index (χ1v) is 9.52. The van der Waals surface area contributed by atoms with E-state index in [2.05, 4.69) is 10.2 Å². The molecule has 2 aromatic carbocycles. The van der Waals surface area contributed by atoms with Gasteiger partial charge in [0.1, 0.15) is 6.61 Å². The summed E-state index contributed by atoms with van der Waals surface area (Å²) in [5.41, 5.74) is 1.95. The highest BCUT2D eigenvalue weighted by atomic mass is 16.5. The third-order valence-electron chi connectivity index (χ3n) is 5.04. The molecule has 1 heterocycles. The highest BCUT2D eigenvalue weighted by Gasteiger charge is 2.22. The molecular weight excluding hydrogens is 340 g/mol. The smallest absolute Gasteiger partial charge is 0.247 e. The molecule has 0 radical (unpaired) electrons. The average molecular weight is 364 g/mol. The Kier molecular flexibility index (Phi) is 5.37. The Bertz CT molecular complexity index is 870. The maximum Gasteiger partial charge on any atom is 0.247 e. The van der Waals surface area contributed by atoms with E-state index < -0.39 is 0 Å². The summed E-state index contributed by atoms with van der Waals surface area (Å²) in [4.78, 5) is 0. The van der Waals surface area contributed by atoms with E-state index in [0.29, 0.717) is 29.9 Å². The van der Waals surface area contributed by atoms with Gasteiger partial charge in [-0.3, -0.25) is 0 Å². The average Bonchev–Trinajstić information content (AvgIpc) is 3.24. The van der Waals surface area contributed by atoms with Crippen LogP contribution in [-0.4, -0.2) is 17.3 Å². The molecule has 1 aliphatic carbocycles. The number of methoxy groups -OCH3 is 1. The Morgan fingerprint density at radius 1 is 0.963 bits per heavy atom. The maximum absolute atomic E-state index is 5.96. The second kappa shape index (κ2) is 8.25. The molecule has 0 atom stereocenters. The van der Waals surface area contributed by atoms with E-state index in [-0.39, 0.29) is 0 Å². The molecule has 0 amide bonds. The zero-order valence-electron chi connectivity index (χ0n) is 15.6. The van der Waals surface area contributed by atoms with E-state index in [9.17, 15) is 0 Å². The number of hydrogen-bond acceptors (Lipinski definition) is 5. The Balaban J connectivity index is 1.50. The third-order valence-corrected chi connectivity index (χ3v) is 5.04. The molecule has 0 saturated heterocycles. The van der Waals surface area contributed by atoms with Crippen LogP contribution in [0.3, 0.4) is 0 Å². The molecular formula is C22H24N2O3. The molecule has 0 bridgehead atoms. The minimum absolute atomic E-state index is 0.398. The van der Waals surface area contributed by atoms with Gasteiger partial charge >= 0.3 is 0 Å². The fourth-order valence-corrected chi connectivity index (χ4v) is 3.52. The lowest BCUT2D eigenvalue weighted by Crippen LogP contribution is -2.04. The number of rotatable bonds is 6. The van der Waals surface area contributed by atoms with Gasteiger partial charge in [-0.15, -0.1) is 10.2 Å². The van der Waals surface area contributed by atoms with Crippen molar-refractivity contribution in [1.82, 2.24) is 10.2 Å². The van der Waals surface area contributed by atoms with Gasteiger partial charge in [-0.2, -0.15) is 0 Å². The zero-order valence-corrected chi connectivity index (χ0v) is 15.6. The van der Waals surface area contributed by atoms with Crippen molar-refractivity contribution < 1.29 is 13.9 Å².